The molecule has 10 fully saturated rings. The van der Waals surface area contributed by atoms with E-state index in [1.54, 1.807) is 0 Å². The van der Waals surface area contributed by atoms with Gasteiger partial charge in [0.05, 0.1) is 11.8 Å². The minimum absolute atomic E-state index is 0.101. The monoisotopic (exact) mass is 586 g/mol. The van der Waals surface area contributed by atoms with Gasteiger partial charge in [-0.2, -0.15) is 0 Å². The molecule has 43 heavy (non-hydrogen) atoms. The van der Waals surface area contributed by atoms with E-state index < -0.39 is 0 Å². The van der Waals surface area contributed by atoms with E-state index in [1.165, 1.54) is 77.0 Å². The second kappa shape index (κ2) is 9.96. The van der Waals surface area contributed by atoms with Crippen LogP contribution in [0.15, 0.2) is 24.3 Å². The molecule has 12 rings (SSSR count). The van der Waals surface area contributed by atoms with Crippen LogP contribution in [0, 0.1) is 82.9 Å². The normalized spacial score (nSPS) is 55.1. The van der Waals surface area contributed by atoms with Crippen LogP contribution < -0.4 is 0 Å². The van der Waals surface area contributed by atoms with Crippen molar-refractivity contribution in [2.75, 3.05) is 0 Å². The van der Waals surface area contributed by atoms with Gasteiger partial charge in [0.1, 0.15) is 11.2 Å². The summed E-state index contributed by atoms with van der Waals surface area (Å²) in [6.07, 6.45) is 28.1. The largest absolute Gasteiger partial charge is 0.459 e. The quantitative estimate of drug-likeness (QED) is 0.240. The average molecular weight is 587 g/mol. The second-order valence-corrected chi connectivity index (χ2v) is 17.7. The van der Waals surface area contributed by atoms with E-state index in [9.17, 15) is 9.59 Å². The molecule has 0 N–H and O–H groups in total. The number of carbonyl (C=O) groups is 2. The fourth-order valence-corrected chi connectivity index (χ4v) is 13.7. The van der Waals surface area contributed by atoms with Gasteiger partial charge in [0.2, 0.25) is 0 Å². The van der Waals surface area contributed by atoms with Gasteiger partial charge in [0.15, 0.2) is 0 Å². The Morgan fingerprint density at radius 2 is 0.977 bits per heavy atom. The topological polar surface area (TPSA) is 52.6 Å². The summed E-state index contributed by atoms with van der Waals surface area (Å²) in [4.78, 5) is 25.7. The Morgan fingerprint density at radius 1 is 0.558 bits per heavy atom. The minimum Gasteiger partial charge on any atom is -0.459 e. The van der Waals surface area contributed by atoms with Gasteiger partial charge >= 0.3 is 11.9 Å². The molecule has 0 radical (unpaired) electrons. The van der Waals surface area contributed by atoms with Gasteiger partial charge < -0.3 is 9.47 Å². The van der Waals surface area contributed by atoms with Crippen molar-refractivity contribution in [1.29, 1.82) is 0 Å². The van der Waals surface area contributed by atoms with E-state index >= 15 is 0 Å². The number of ether oxygens (including phenoxy) is 2. The third-order valence-corrected chi connectivity index (χ3v) is 15.6. The van der Waals surface area contributed by atoms with Crippen molar-refractivity contribution in [3.63, 3.8) is 0 Å². The second-order valence-electron chi connectivity index (χ2n) is 17.7. The Balaban J connectivity index is 0.000000121. The van der Waals surface area contributed by atoms with Gasteiger partial charge in [-0.05, 0) is 174 Å². The van der Waals surface area contributed by atoms with Gasteiger partial charge in [0.25, 0.3) is 0 Å². The fraction of sp³-hybridized carbons (Fsp3) is 0.846. The van der Waals surface area contributed by atoms with Crippen LogP contribution >= 0.6 is 0 Å². The van der Waals surface area contributed by atoms with Crippen molar-refractivity contribution < 1.29 is 19.1 Å². The standard InChI is InChI=1S/C20H28O2.C19H26O2/c1-2-20(16-7-13-5-14(9-16)10-17(20)8-13)22-19(21)18-11-12-3-4-15(18)6-12;1-19(15-6-12-4-13(8-15)9-16(19)7-12)21-18(20)17-10-11-2-3-14(17)5-11/h3-4,12-18H,2,5-11H2,1H3;2-3,11-17H,4-10H2,1H3. The zero-order valence-corrected chi connectivity index (χ0v) is 26.6. The summed E-state index contributed by atoms with van der Waals surface area (Å²) in [7, 11) is 0. The highest BCUT2D eigenvalue weighted by molar-refractivity contribution is 5.75. The van der Waals surface area contributed by atoms with Crippen molar-refractivity contribution in [3.8, 4) is 0 Å². The van der Waals surface area contributed by atoms with Crippen molar-refractivity contribution in [1.82, 2.24) is 0 Å². The van der Waals surface area contributed by atoms with Crippen LogP contribution in [0.25, 0.3) is 0 Å². The minimum atomic E-state index is -0.143. The molecule has 234 valence electrons. The number of rotatable bonds is 5. The molecule has 6 atom stereocenters. The maximum absolute atomic E-state index is 12.9. The van der Waals surface area contributed by atoms with E-state index in [0.29, 0.717) is 47.3 Å². The van der Waals surface area contributed by atoms with Gasteiger partial charge in [-0.15, -0.1) is 0 Å². The number of allylic oxidation sites excluding steroid dienone is 4. The van der Waals surface area contributed by atoms with E-state index in [-0.39, 0.29) is 35.0 Å². The van der Waals surface area contributed by atoms with Crippen LogP contribution in [0.5, 0.6) is 0 Å². The van der Waals surface area contributed by atoms with E-state index in [2.05, 4.69) is 38.2 Å². The molecule has 12 aliphatic carbocycles. The van der Waals surface area contributed by atoms with Crippen molar-refractivity contribution >= 4 is 11.9 Å². The first-order chi connectivity index (χ1) is 20.8. The number of hydrogen-bond acceptors (Lipinski definition) is 4. The molecule has 0 aromatic rings. The van der Waals surface area contributed by atoms with Crippen LogP contribution in [0.1, 0.15) is 110 Å². The summed E-state index contributed by atoms with van der Waals surface area (Å²) >= 11 is 0. The predicted octanol–water partition coefficient (Wildman–Crippen LogP) is 8.30. The van der Waals surface area contributed by atoms with Crippen molar-refractivity contribution in [2.24, 2.45) is 82.9 Å². The Bertz CT molecular complexity index is 1160. The van der Waals surface area contributed by atoms with Crippen LogP contribution in [-0.4, -0.2) is 23.1 Å². The molecule has 0 saturated heterocycles. The summed E-state index contributed by atoms with van der Waals surface area (Å²) in [6, 6.07) is 0. The molecule has 12 bridgehead atoms. The summed E-state index contributed by atoms with van der Waals surface area (Å²) < 4.78 is 12.7. The average Bonchev–Trinajstić information content (AvgIpc) is 3.81. The van der Waals surface area contributed by atoms with Gasteiger partial charge in [-0.3, -0.25) is 9.59 Å². The summed E-state index contributed by atoms with van der Waals surface area (Å²) in [5.74, 6) is 9.20. The molecule has 4 heteroatoms. The van der Waals surface area contributed by atoms with Crippen molar-refractivity contribution in [3.05, 3.63) is 24.3 Å². The maximum Gasteiger partial charge on any atom is 0.310 e. The highest BCUT2D eigenvalue weighted by atomic mass is 16.6. The number of carbonyl (C=O) groups excluding carboxylic acids is 2. The zero-order valence-electron chi connectivity index (χ0n) is 26.6. The number of hydrogen-bond donors (Lipinski definition) is 0. The smallest absolute Gasteiger partial charge is 0.310 e. The fourth-order valence-electron chi connectivity index (χ4n) is 13.7. The molecule has 0 aromatic heterocycles. The third-order valence-electron chi connectivity index (χ3n) is 15.6. The molecular weight excluding hydrogens is 532 g/mol. The molecule has 0 heterocycles. The molecular formula is C39H54O4. The summed E-state index contributed by atoms with van der Waals surface area (Å²) in [6.45, 7) is 4.53. The highest BCUT2D eigenvalue weighted by Gasteiger charge is 2.60. The molecule has 0 amide bonds. The Kier molecular flexibility index (Phi) is 6.42. The van der Waals surface area contributed by atoms with Gasteiger partial charge in [-0.1, -0.05) is 31.2 Å². The summed E-state index contributed by atoms with van der Waals surface area (Å²) in [5.41, 5.74) is -0.244. The molecule has 6 unspecified atom stereocenters. The van der Waals surface area contributed by atoms with Crippen LogP contribution in [-0.2, 0) is 19.1 Å². The van der Waals surface area contributed by atoms with E-state index in [4.69, 9.17) is 9.47 Å². The summed E-state index contributed by atoms with van der Waals surface area (Å²) in [5, 5.41) is 0. The van der Waals surface area contributed by atoms with Gasteiger partial charge in [0, 0.05) is 0 Å². The Hall–Kier alpha value is -1.58. The Morgan fingerprint density at radius 3 is 1.35 bits per heavy atom. The molecule has 0 aromatic carbocycles. The van der Waals surface area contributed by atoms with Crippen molar-refractivity contribution in [2.45, 2.75) is 121 Å². The van der Waals surface area contributed by atoms with Crippen LogP contribution in [0.4, 0.5) is 0 Å². The molecule has 0 spiro atoms. The lowest BCUT2D eigenvalue weighted by Crippen LogP contribution is -2.59. The number of fused-ring (bicyclic) bond motifs is 4. The SMILES string of the molecule is CC1(OC(=O)C2CC3C=CC2C3)C2CC3CC(C2)CC1C3.CCC1(OC(=O)C2CC3C=CC2C3)C2CC3CC(C2)CC1C3. The van der Waals surface area contributed by atoms with E-state index in [0.717, 1.165) is 42.9 Å². The first-order valence-electron chi connectivity index (χ1n) is 18.6. The lowest BCUT2D eigenvalue weighted by Gasteiger charge is -2.60. The molecule has 4 nitrogen and oxygen atoms in total. The first-order valence-corrected chi connectivity index (χ1v) is 18.6. The maximum atomic E-state index is 12.9. The molecule has 0 aliphatic heterocycles. The van der Waals surface area contributed by atoms with Crippen LogP contribution in [0.3, 0.4) is 0 Å². The lowest BCUT2D eigenvalue weighted by atomic mass is 9.49. The molecule has 10 saturated carbocycles. The van der Waals surface area contributed by atoms with Gasteiger partial charge in [-0.25, -0.2) is 0 Å². The molecule has 12 aliphatic rings. The lowest BCUT2D eigenvalue weighted by molar-refractivity contribution is -0.215. The third kappa shape index (κ3) is 4.33. The number of esters is 2. The Labute approximate surface area is 259 Å². The van der Waals surface area contributed by atoms with Crippen LogP contribution in [0.2, 0.25) is 0 Å². The predicted molar refractivity (Wildman–Crippen MR) is 165 cm³/mol. The first kappa shape index (κ1) is 27.7. The highest BCUT2D eigenvalue weighted by Crippen LogP contribution is 2.62. The zero-order chi connectivity index (χ0) is 29.1. The van der Waals surface area contributed by atoms with E-state index in [1.807, 2.05) is 0 Å².